The molecule has 0 aromatic carbocycles. The van der Waals surface area contributed by atoms with Crippen LogP contribution >= 0.6 is 45.2 Å². The number of unbranched alkanes of at least 4 members (excludes halogenated alkanes) is 3. The Morgan fingerprint density at radius 1 is 0.564 bits per heavy atom. The van der Waals surface area contributed by atoms with Crippen LogP contribution in [0.25, 0.3) is 0 Å². The van der Waals surface area contributed by atoms with E-state index in [9.17, 15) is 0 Å². The van der Waals surface area contributed by atoms with Crippen LogP contribution in [0.2, 0.25) is 0 Å². The smallest absolute Gasteiger partial charge is 0.396 e. The molecule has 0 saturated heterocycles. The maximum atomic E-state index is 8.84. The zero-order chi connectivity index (χ0) is 24.9. The SMILES string of the molecule is CC.IC1CCCC1.IC1CCCC1.OCCCCCCN(CC1CCCC1)CC1CCCC1.[CH3-].[CH3-].[CH3-].[Fe+2].[Fe]. The van der Waals surface area contributed by atoms with Crippen LogP contribution in [0, 0.1) is 34.1 Å². The van der Waals surface area contributed by atoms with Gasteiger partial charge in [-0.3, -0.25) is 0 Å². The van der Waals surface area contributed by atoms with Crippen LogP contribution in [0.3, 0.4) is 0 Å². The first-order valence-electron chi connectivity index (χ1n) is 15.3. The van der Waals surface area contributed by atoms with Crippen molar-refractivity contribution >= 4 is 45.2 Å². The molecule has 0 aromatic rings. The third kappa shape index (κ3) is 28.9. The van der Waals surface area contributed by atoms with Crippen LogP contribution in [0.15, 0.2) is 0 Å². The van der Waals surface area contributed by atoms with E-state index in [-0.39, 0.29) is 56.4 Å². The summed E-state index contributed by atoms with van der Waals surface area (Å²) in [6.07, 6.45) is 28.4. The van der Waals surface area contributed by atoms with Crippen LogP contribution in [0.5, 0.6) is 0 Å². The average molecular weight is 860 g/mol. The van der Waals surface area contributed by atoms with Gasteiger partial charge in [-0.1, -0.05) is 123 Å². The standard InChI is InChI=1S/C18H35NO.2C5H9I.C2H6.3CH3.2Fe/c20-14-8-2-1-7-13-19(15-17-9-3-4-10-17)16-18-11-5-6-12-18;2*6-5-3-1-2-4-5;1-2;;;;;/h17-18,20H,1-16H2;2*5H,1-4H2;1-2H3;3*1H3;;/q;;;;3*-1;;+2. The maximum absolute atomic E-state index is 8.84. The van der Waals surface area contributed by atoms with Gasteiger partial charge in [0, 0.05) is 44.6 Å². The fourth-order valence-corrected chi connectivity index (χ4v) is 7.69. The first-order chi connectivity index (χ1) is 16.7. The average Bonchev–Trinajstić information content (AvgIpc) is 3.66. The molecule has 0 atom stereocenters. The Bertz CT molecular complexity index is 392. The molecule has 0 aliphatic heterocycles. The van der Waals surface area contributed by atoms with Crippen LogP contribution in [-0.4, -0.2) is 44.1 Å². The Morgan fingerprint density at radius 3 is 1.15 bits per heavy atom. The van der Waals surface area contributed by atoms with E-state index < -0.39 is 0 Å². The summed E-state index contributed by atoms with van der Waals surface area (Å²) >= 11 is 5.06. The molecule has 0 aromatic heterocycles. The van der Waals surface area contributed by atoms with Crippen LogP contribution < -0.4 is 0 Å². The van der Waals surface area contributed by atoms with Crippen LogP contribution in [-0.2, 0) is 34.1 Å². The van der Waals surface area contributed by atoms with E-state index in [1.165, 1.54) is 142 Å². The van der Waals surface area contributed by atoms with E-state index in [1.54, 1.807) is 0 Å². The van der Waals surface area contributed by atoms with E-state index in [2.05, 4.69) is 50.1 Å². The monoisotopic (exact) mass is 860 g/mol. The Kier molecular flexibility index (Phi) is 47.9. The van der Waals surface area contributed by atoms with Crippen molar-refractivity contribution < 1.29 is 39.2 Å². The number of hydrogen-bond donors (Lipinski definition) is 1. The second-order valence-electron chi connectivity index (χ2n) is 11.0. The van der Waals surface area contributed by atoms with Gasteiger partial charge in [-0.15, -0.1) is 0 Å². The topological polar surface area (TPSA) is 23.5 Å². The van der Waals surface area contributed by atoms with Crippen molar-refractivity contribution in [3.63, 3.8) is 0 Å². The molecule has 6 heteroatoms. The summed E-state index contributed by atoms with van der Waals surface area (Å²) in [6, 6.07) is 0. The summed E-state index contributed by atoms with van der Waals surface area (Å²) in [5.74, 6) is 1.99. The van der Waals surface area contributed by atoms with Gasteiger partial charge in [0.05, 0.1) is 0 Å². The molecular weight excluding hydrogens is 792 g/mol. The molecule has 39 heavy (non-hydrogen) atoms. The summed E-state index contributed by atoms with van der Waals surface area (Å²) in [5, 5.41) is 8.84. The van der Waals surface area contributed by atoms with E-state index >= 15 is 0 Å². The van der Waals surface area contributed by atoms with Gasteiger partial charge in [0.15, 0.2) is 0 Å². The number of aliphatic hydroxyl groups is 1. The molecule has 4 aliphatic rings. The molecule has 0 radical (unpaired) electrons. The zero-order valence-electron chi connectivity index (χ0n) is 26.6. The predicted octanol–water partition coefficient (Wildman–Crippen LogP) is 11.3. The Hall–Kier alpha value is 2.42. The quantitative estimate of drug-likeness (QED) is 0.0778. The minimum Gasteiger partial charge on any atom is -0.396 e. The number of halogens is 2. The Balaban J connectivity index is -0.000000170. The van der Waals surface area contributed by atoms with Gasteiger partial charge in [-0.2, -0.15) is 0 Å². The summed E-state index contributed by atoms with van der Waals surface area (Å²) in [6.45, 7) is 8.42. The second-order valence-corrected chi connectivity index (χ2v) is 14.5. The van der Waals surface area contributed by atoms with Crippen molar-refractivity contribution in [2.24, 2.45) is 11.8 Å². The molecular formula is C33H68Fe2I2NO-. The predicted molar refractivity (Wildman–Crippen MR) is 189 cm³/mol. The van der Waals surface area contributed by atoms with Gasteiger partial charge < -0.3 is 32.3 Å². The number of nitrogens with zero attached hydrogens (tertiary/aromatic N) is 1. The molecule has 0 heterocycles. The molecule has 4 saturated carbocycles. The fraction of sp³-hybridized carbons (Fsp3) is 0.909. The minimum absolute atomic E-state index is 0. The van der Waals surface area contributed by atoms with Gasteiger partial charge >= 0.3 is 17.1 Å². The van der Waals surface area contributed by atoms with Crippen molar-refractivity contribution in [1.82, 2.24) is 4.90 Å². The van der Waals surface area contributed by atoms with E-state index in [0.717, 1.165) is 26.1 Å². The summed E-state index contributed by atoms with van der Waals surface area (Å²) in [7, 11) is 0. The first-order valence-corrected chi connectivity index (χ1v) is 17.8. The number of rotatable bonds is 10. The maximum Gasteiger partial charge on any atom is 2.00 e. The minimum atomic E-state index is 0. The normalized spacial score (nSPS) is 18.9. The molecule has 1 N–H and O–H groups in total. The summed E-state index contributed by atoms with van der Waals surface area (Å²) in [4.78, 5) is 2.80. The van der Waals surface area contributed by atoms with E-state index in [1.807, 2.05) is 13.8 Å². The Labute approximate surface area is 297 Å². The van der Waals surface area contributed by atoms with Crippen LogP contribution in [0.4, 0.5) is 0 Å². The van der Waals surface area contributed by atoms with Crippen molar-refractivity contribution in [2.45, 2.75) is 150 Å². The molecule has 242 valence electrons. The summed E-state index contributed by atoms with van der Waals surface area (Å²) < 4.78 is 2.03. The largest absolute Gasteiger partial charge is 2.00 e. The third-order valence-corrected chi connectivity index (χ3v) is 10.4. The molecule has 4 rings (SSSR count). The molecule has 4 fully saturated rings. The second kappa shape index (κ2) is 36.6. The van der Waals surface area contributed by atoms with Gasteiger partial charge in [0.1, 0.15) is 0 Å². The van der Waals surface area contributed by atoms with Crippen molar-refractivity contribution in [2.75, 3.05) is 26.2 Å². The van der Waals surface area contributed by atoms with Gasteiger partial charge in [0.25, 0.3) is 0 Å². The molecule has 2 nitrogen and oxygen atoms in total. The van der Waals surface area contributed by atoms with Crippen molar-refractivity contribution in [1.29, 1.82) is 0 Å². The van der Waals surface area contributed by atoms with Gasteiger partial charge in [-0.05, 0) is 82.6 Å². The first kappa shape index (κ1) is 51.0. The zero-order valence-corrected chi connectivity index (χ0v) is 33.2. The van der Waals surface area contributed by atoms with Crippen molar-refractivity contribution in [3.8, 4) is 0 Å². The molecule has 0 spiro atoms. The van der Waals surface area contributed by atoms with Crippen LogP contribution in [0.1, 0.15) is 142 Å². The van der Waals surface area contributed by atoms with E-state index in [0.29, 0.717) is 6.61 Å². The number of alkyl halides is 2. The number of hydrogen-bond acceptors (Lipinski definition) is 2. The summed E-state index contributed by atoms with van der Waals surface area (Å²) in [5.41, 5.74) is 0. The third-order valence-electron chi connectivity index (χ3n) is 7.93. The Morgan fingerprint density at radius 2 is 0.872 bits per heavy atom. The van der Waals surface area contributed by atoms with E-state index in [4.69, 9.17) is 5.11 Å². The molecule has 4 aliphatic carbocycles. The van der Waals surface area contributed by atoms with Gasteiger partial charge in [0.2, 0.25) is 0 Å². The molecule has 0 bridgehead atoms. The molecule has 0 unspecified atom stereocenters. The number of aliphatic hydroxyl groups excluding tert-OH is 1. The molecule has 0 amide bonds. The van der Waals surface area contributed by atoms with Crippen molar-refractivity contribution in [3.05, 3.63) is 22.3 Å². The van der Waals surface area contributed by atoms with Gasteiger partial charge in [-0.25, -0.2) is 0 Å². The fourth-order valence-electron chi connectivity index (χ4n) is 5.93.